The maximum Gasteiger partial charge on any atom is 0.201 e. The van der Waals surface area contributed by atoms with Crippen molar-refractivity contribution in [2.24, 2.45) is 0 Å². The minimum Gasteiger partial charge on any atom is -0.391 e. The van der Waals surface area contributed by atoms with Crippen LogP contribution in [0, 0.1) is 0 Å². The zero-order valence-corrected chi connectivity index (χ0v) is 5.82. The Bertz CT molecular complexity index is 220. The normalized spacial score (nSPS) is 15.7. The lowest BCUT2D eigenvalue weighted by molar-refractivity contribution is -0.757. The maximum atomic E-state index is 8.77. The van der Waals surface area contributed by atoms with Gasteiger partial charge in [0, 0.05) is 6.42 Å². The number of aliphatic hydroxyl groups excluding tert-OH is 1. The molecule has 0 unspecified atom stereocenters. The summed E-state index contributed by atoms with van der Waals surface area (Å²) >= 11 is 0. The molecule has 0 spiro atoms. The quantitative estimate of drug-likeness (QED) is 0.530. The summed E-state index contributed by atoms with van der Waals surface area (Å²) in [6, 6.07) is 0. The molecule has 0 aromatic carbocycles. The minimum absolute atomic E-state index is 0.160. The Labute approximate surface area is 59.5 Å². The smallest absolute Gasteiger partial charge is 0.201 e. The van der Waals surface area contributed by atoms with Gasteiger partial charge in [-0.25, -0.2) is 0 Å². The minimum atomic E-state index is 0.160. The summed E-state index contributed by atoms with van der Waals surface area (Å²) in [6.45, 7) is 2.35. The third kappa shape index (κ3) is 0.743. The molecule has 3 heteroatoms. The molecule has 1 aromatic rings. The standard InChI is InChI=1S/C7H11N2O/c10-6-7-4-8-2-1-3-9(8)5-7/h4-5,10H,1-3,6H2/q+1. The fraction of sp³-hybridized carbons (Fsp3) is 0.571. The van der Waals surface area contributed by atoms with Crippen molar-refractivity contribution in [3.05, 3.63) is 18.0 Å². The summed E-state index contributed by atoms with van der Waals surface area (Å²) in [5.41, 5.74) is 1.01. The van der Waals surface area contributed by atoms with Gasteiger partial charge in [-0.2, -0.15) is 4.68 Å². The average molecular weight is 139 g/mol. The highest BCUT2D eigenvalue weighted by molar-refractivity contribution is 4.98. The van der Waals surface area contributed by atoms with Gasteiger partial charge < -0.3 is 5.11 Å². The van der Waals surface area contributed by atoms with E-state index in [0.717, 1.165) is 18.7 Å². The molecule has 0 fully saturated rings. The summed E-state index contributed by atoms with van der Waals surface area (Å²) in [4.78, 5) is 0. The maximum absolute atomic E-state index is 8.77. The van der Waals surface area contributed by atoms with Gasteiger partial charge in [0.05, 0.1) is 24.9 Å². The van der Waals surface area contributed by atoms with E-state index in [-0.39, 0.29) is 6.61 Å². The van der Waals surface area contributed by atoms with E-state index in [0.29, 0.717) is 0 Å². The molecular weight excluding hydrogens is 128 g/mol. The monoisotopic (exact) mass is 139 g/mol. The molecule has 54 valence electrons. The molecule has 0 saturated heterocycles. The lowest BCUT2D eigenvalue weighted by Crippen LogP contribution is -2.35. The molecule has 0 amide bonds. The Kier molecular flexibility index (Phi) is 1.24. The van der Waals surface area contributed by atoms with Crippen LogP contribution in [-0.4, -0.2) is 9.79 Å². The van der Waals surface area contributed by atoms with Crippen LogP contribution >= 0.6 is 0 Å². The molecule has 1 aliphatic heterocycles. The predicted octanol–water partition coefficient (Wildman–Crippen LogP) is -0.328. The Morgan fingerprint density at radius 1 is 1.70 bits per heavy atom. The first kappa shape index (κ1) is 5.92. The van der Waals surface area contributed by atoms with Gasteiger partial charge in [0.2, 0.25) is 6.20 Å². The SMILES string of the molecule is OCc1cn2[n+](c1)CCC2. The van der Waals surface area contributed by atoms with Crippen molar-refractivity contribution in [3.63, 3.8) is 0 Å². The Balaban J connectivity index is 2.37. The fourth-order valence-corrected chi connectivity index (χ4v) is 1.43. The van der Waals surface area contributed by atoms with Crippen LogP contribution in [-0.2, 0) is 19.7 Å². The number of aryl methyl sites for hydroxylation is 2. The van der Waals surface area contributed by atoms with Gasteiger partial charge in [-0.1, -0.05) is 0 Å². The molecule has 2 heterocycles. The topological polar surface area (TPSA) is 29.0 Å². The molecule has 0 atom stereocenters. The van der Waals surface area contributed by atoms with E-state index < -0.39 is 0 Å². The largest absolute Gasteiger partial charge is 0.391 e. The van der Waals surface area contributed by atoms with Crippen LogP contribution < -0.4 is 4.68 Å². The van der Waals surface area contributed by atoms with Crippen molar-refractivity contribution < 1.29 is 9.79 Å². The highest BCUT2D eigenvalue weighted by Gasteiger charge is 2.17. The van der Waals surface area contributed by atoms with Gasteiger partial charge in [-0.3, -0.25) is 0 Å². The first-order chi connectivity index (χ1) is 4.90. The number of aromatic nitrogens is 2. The Morgan fingerprint density at radius 2 is 2.60 bits per heavy atom. The molecule has 1 N–H and O–H groups in total. The van der Waals surface area contributed by atoms with E-state index in [2.05, 4.69) is 9.36 Å². The molecule has 2 rings (SSSR count). The summed E-state index contributed by atoms with van der Waals surface area (Å²) < 4.78 is 4.29. The molecule has 0 aliphatic carbocycles. The predicted molar refractivity (Wildman–Crippen MR) is 35.2 cm³/mol. The second-order valence-electron chi connectivity index (χ2n) is 2.67. The molecule has 0 bridgehead atoms. The van der Waals surface area contributed by atoms with E-state index in [1.54, 1.807) is 0 Å². The fourth-order valence-electron chi connectivity index (χ4n) is 1.43. The molecule has 0 radical (unpaired) electrons. The van der Waals surface area contributed by atoms with E-state index >= 15 is 0 Å². The van der Waals surface area contributed by atoms with Gasteiger partial charge >= 0.3 is 0 Å². The number of aliphatic hydroxyl groups is 1. The average Bonchev–Trinajstić information content (AvgIpc) is 2.42. The second-order valence-corrected chi connectivity index (χ2v) is 2.67. The van der Waals surface area contributed by atoms with Gasteiger partial charge in [0.25, 0.3) is 0 Å². The van der Waals surface area contributed by atoms with Gasteiger partial charge in [-0.15, -0.1) is 4.68 Å². The van der Waals surface area contributed by atoms with Crippen LogP contribution in [0.2, 0.25) is 0 Å². The van der Waals surface area contributed by atoms with Crippen LogP contribution in [0.3, 0.4) is 0 Å². The molecule has 3 nitrogen and oxygen atoms in total. The third-order valence-electron chi connectivity index (χ3n) is 1.92. The van der Waals surface area contributed by atoms with E-state index in [1.807, 2.05) is 12.4 Å². The summed E-state index contributed by atoms with van der Waals surface area (Å²) in [7, 11) is 0. The molecule has 1 aromatic heterocycles. The lowest BCUT2D eigenvalue weighted by atomic mass is 10.4. The van der Waals surface area contributed by atoms with Crippen molar-refractivity contribution in [1.29, 1.82) is 0 Å². The second kappa shape index (κ2) is 2.09. The van der Waals surface area contributed by atoms with Crippen LogP contribution in [0.15, 0.2) is 12.4 Å². The highest BCUT2D eigenvalue weighted by atomic mass is 16.3. The summed E-state index contributed by atoms with van der Waals surface area (Å²) in [6.07, 6.45) is 5.24. The van der Waals surface area contributed by atoms with Crippen molar-refractivity contribution in [2.75, 3.05) is 0 Å². The van der Waals surface area contributed by atoms with Crippen LogP contribution in [0.1, 0.15) is 12.0 Å². The number of hydrogen-bond acceptors (Lipinski definition) is 1. The van der Waals surface area contributed by atoms with E-state index in [9.17, 15) is 0 Å². The number of rotatable bonds is 1. The molecule has 10 heavy (non-hydrogen) atoms. The number of nitrogens with zero attached hydrogens (tertiary/aromatic N) is 2. The van der Waals surface area contributed by atoms with Crippen molar-refractivity contribution >= 4 is 0 Å². The molecule has 0 saturated carbocycles. The van der Waals surface area contributed by atoms with Crippen molar-refractivity contribution in [2.45, 2.75) is 26.1 Å². The number of fused-ring (bicyclic) bond motifs is 1. The molecular formula is C7H11N2O+. The van der Waals surface area contributed by atoms with Crippen molar-refractivity contribution in [3.8, 4) is 0 Å². The first-order valence-corrected chi connectivity index (χ1v) is 3.60. The summed E-state index contributed by atoms with van der Waals surface area (Å²) in [5, 5.41) is 8.77. The molecule has 1 aliphatic rings. The zero-order chi connectivity index (χ0) is 6.97. The van der Waals surface area contributed by atoms with E-state index in [1.165, 1.54) is 6.42 Å². The van der Waals surface area contributed by atoms with Crippen LogP contribution in [0.25, 0.3) is 0 Å². The summed E-state index contributed by atoms with van der Waals surface area (Å²) in [5.74, 6) is 0. The Morgan fingerprint density at radius 3 is 3.30 bits per heavy atom. The van der Waals surface area contributed by atoms with Gasteiger partial charge in [-0.05, 0) is 0 Å². The number of hydrogen-bond donors (Lipinski definition) is 1. The first-order valence-electron chi connectivity index (χ1n) is 3.60. The van der Waals surface area contributed by atoms with Crippen LogP contribution in [0.5, 0.6) is 0 Å². The zero-order valence-electron chi connectivity index (χ0n) is 5.82. The van der Waals surface area contributed by atoms with Crippen LogP contribution in [0.4, 0.5) is 0 Å². The van der Waals surface area contributed by atoms with Crippen molar-refractivity contribution in [1.82, 2.24) is 4.68 Å². The lowest BCUT2D eigenvalue weighted by Gasteiger charge is -1.82. The van der Waals surface area contributed by atoms with Gasteiger partial charge in [0.15, 0.2) is 6.54 Å². The van der Waals surface area contributed by atoms with Gasteiger partial charge in [0.1, 0.15) is 0 Å². The Hall–Kier alpha value is -0.830. The third-order valence-corrected chi connectivity index (χ3v) is 1.92. The van der Waals surface area contributed by atoms with E-state index in [4.69, 9.17) is 5.11 Å². The highest BCUT2D eigenvalue weighted by Crippen LogP contribution is 2.01.